The van der Waals surface area contributed by atoms with Crippen LogP contribution in [0, 0.1) is 0 Å². The normalized spacial score (nSPS) is 13.8. The van der Waals surface area contributed by atoms with E-state index >= 15 is 0 Å². The number of carboxylic acid groups (broad SMARTS) is 1. The molecule has 0 spiro atoms. The summed E-state index contributed by atoms with van der Waals surface area (Å²) in [4.78, 5) is 14.3. The number of carbonyl (C=O) groups is 1. The van der Waals surface area contributed by atoms with Crippen LogP contribution in [0.2, 0.25) is 0 Å². The van der Waals surface area contributed by atoms with Crippen molar-refractivity contribution in [2.75, 3.05) is 0 Å². The number of aliphatic carboxylic acids is 1. The molecule has 5 nitrogen and oxygen atoms in total. The van der Waals surface area contributed by atoms with E-state index < -0.39 is 5.97 Å². The minimum Gasteiger partial charge on any atom is -0.543 e. The van der Waals surface area contributed by atoms with E-state index in [1.54, 1.807) is 0 Å². The second-order valence-corrected chi connectivity index (χ2v) is 1.30. The molecule has 1 aliphatic rings. The van der Waals surface area contributed by atoms with E-state index in [-0.39, 0.29) is 57.1 Å². The molecule has 0 fully saturated rings. The second-order valence-electron chi connectivity index (χ2n) is 1.30. The Morgan fingerprint density at radius 1 is 1.80 bits per heavy atom. The number of nitrogens with zero attached hydrogens (tertiary/aromatic N) is 1. The summed E-state index contributed by atoms with van der Waals surface area (Å²) in [5.74, 6) is -1.33. The first-order chi connectivity index (χ1) is 4.30. The number of carbonyl (C=O) groups excluding carboxylic acids is 1. The maximum Gasteiger partial charge on any atom is 1.00 e. The molecular formula is C4H3KN2O3. The maximum absolute atomic E-state index is 9.97. The van der Waals surface area contributed by atoms with Gasteiger partial charge in [0.15, 0.2) is 0 Å². The van der Waals surface area contributed by atoms with Crippen molar-refractivity contribution in [2.45, 2.75) is 0 Å². The van der Waals surface area contributed by atoms with Gasteiger partial charge in [-0.2, -0.15) is 0 Å². The molecule has 0 aliphatic carbocycles. The van der Waals surface area contributed by atoms with Crippen LogP contribution in [0.4, 0.5) is 0 Å². The van der Waals surface area contributed by atoms with Gasteiger partial charge in [0, 0.05) is 6.08 Å². The fourth-order valence-corrected chi connectivity index (χ4v) is 0.355. The van der Waals surface area contributed by atoms with Gasteiger partial charge in [0.2, 0.25) is 0 Å². The van der Waals surface area contributed by atoms with Crippen molar-refractivity contribution in [1.82, 2.24) is 5.59 Å². The van der Waals surface area contributed by atoms with Crippen molar-refractivity contribution < 1.29 is 66.1 Å². The molecule has 0 saturated heterocycles. The number of hydrogen-bond donors (Lipinski definition) is 1. The number of hydrazone groups is 1. The Labute approximate surface area is 99.5 Å². The third-order valence-corrected chi connectivity index (χ3v) is 0.722. The van der Waals surface area contributed by atoms with Gasteiger partial charge in [0.25, 0.3) is 0 Å². The van der Waals surface area contributed by atoms with Gasteiger partial charge < -0.3 is 14.7 Å². The topological polar surface area (TPSA) is 73.8 Å². The number of carboxylic acids is 1. The quantitative estimate of drug-likeness (QED) is 0.396. The Balaban J connectivity index is 0.000000810. The summed E-state index contributed by atoms with van der Waals surface area (Å²) in [6.45, 7) is 0. The summed E-state index contributed by atoms with van der Waals surface area (Å²) < 4.78 is 0. The van der Waals surface area contributed by atoms with Gasteiger partial charge >= 0.3 is 51.4 Å². The van der Waals surface area contributed by atoms with Crippen molar-refractivity contribution in [3.63, 3.8) is 0 Å². The van der Waals surface area contributed by atoms with Crippen LogP contribution in [0.25, 0.3) is 0 Å². The molecule has 0 atom stereocenters. The molecule has 10 heavy (non-hydrogen) atoms. The smallest absolute Gasteiger partial charge is 0.543 e. The first-order valence-electron chi connectivity index (χ1n) is 2.17. The van der Waals surface area contributed by atoms with Crippen LogP contribution >= 0.6 is 0 Å². The third kappa shape index (κ3) is 2.80. The molecule has 1 heterocycles. The van der Waals surface area contributed by atoms with Crippen molar-refractivity contribution in [1.29, 1.82) is 0 Å². The van der Waals surface area contributed by atoms with Crippen LogP contribution in [-0.4, -0.2) is 11.7 Å². The Bertz CT molecular complexity index is 189. The van der Waals surface area contributed by atoms with E-state index in [9.17, 15) is 9.90 Å². The van der Waals surface area contributed by atoms with Crippen LogP contribution in [-0.2, 0) is 9.63 Å². The van der Waals surface area contributed by atoms with Gasteiger partial charge in [-0.25, -0.2) is 0 Å². The molecule has 1 N–H and O–H groups in total. The van der Waals surface area contributed by atoms with E-state index in [1.165, 1.54) is 6.08 Å². The zero-order chi connectivity index (χ0) is 6.69. The zero-order valence-corrected chi connectivity index (χ0v) is 8.45. The summed E-state index contributed by atoms with van der Waals surface area (Å²) in [5, 5.41) is 13.2. The summed E-state index contributed by atoms with van der Waals surface area (Å²) in [7, 11) is 0. The van der Waals surface area contributed by atoms with Crippen LogP contribution in [0.5, 0.6) is 0 Å². The molecule has 0 radical (unpaired) electrons. The summed E-state index contributed by atoms with van der Waals surface area (Å²) in [6, 6.07) is 0. The summed E-state index contributed by atoms with van der Waals surface area (Å²) in [5.41, 5.74) is 1.82. The molecule has 1 rings (SSSR count). The van der Waals surface area contributed by atoms with Gasteiger partial charge in [-0.05, 0) is 0 Å². The van der Waals surface area contributed by atoms with Crippen LogP contribution in [0.15, 0.2) is 17.4 Å². The molecule has 48 valence electrons. The summed E-state index contributed by atoms with van der Waals surface area (Å²) in [6.07, 6.45) is 2.35. The van der Waals surface area contributed by atoms with Crippen molar-refractivity contribution in [2.24, 2.45) is 5.10 Å². The minimum absolute atomic E-state index is 0. The Morgan fingerprint density at radius 3 is 2.80 bits per heavy atom. The van der Waals surface area contributed by atoms with E-state index in [0.29, 0.717) is 0 Å². The van der Waals surface area contributed by atoms with Crippen molar-refractivity contribution in [3.8, 4) is 0 Å². The molecule has 0 saturated carbocycles. The second kappa shape index (κ2) is 4.86. The number of nitrogens with one attached hydrogen (secondary N) is 1. The van der Waals surface area contributed by atoms with Gasteiger partial charge in [-0.15, -0.1) is 10.7 Å². The predicted octanol–water partition coefficient (Wildman–Crippen LogP) is -4.86. The Morgan fingerprint density at radius 2 is 2.50 bits per heavy atom. The molecule has 6 heteroatoms. The van der Waals surface area contributed by atoms with Gasteiger partial charge in [0.1, 0.15) is 12.0 Å². The Kier molecular flexibility index (Phi) is 4.92. The van der Waals surface area contributed by atoms with Gasteiger partial charge in [-0.1, -0.05) is 0 Å². The van der Waals surface area contributed by atoms with E-state index in [4.69, 9.17) is 0 Å². The molecule has 0 aromatic heterocycles. The average Bonchev–Trinajstić information content (AvgIpc) is 1.90. The van der Waals surface area contributed by atoms with Crippen molar-refractivity contribution >= 4 is 11.7 Å². The molecule has 1 aliphatic heterocycles. The van der Waals surface area contributed by atoms with Gasteiger partial charge in [0.05, 0.1) is 5.97 Å². The third-order valence-electron chi connectivity index (χ3n) is 0.722. The number of hydrogen-bond acceptors (Lipinski definition) is 5. The van der Waals surface area contributed by atoms with Crippen molar-refractivity contribution in [3.05, 3.63) is 12.3 Å². The molecule has 0 amide bonds. The number of rotatable bonds is 1. The molecule has 0 unspecified atom stereocenters. The molecule has 0 aromatic rings. The van der Waals surface area contributed by atoms with Crippen LogP contribution < -0.4 is 62.1 Å². The predicted molar refractivity (Wildman–Crippen MR) is 25.8 cm³/mol. The molecular weight excluding hydrogens is 163 g/mol. The first kappa shape index (κ1) is 10.1. The van der Waals surface area contributed by atoms with Crippen LogP contribution in [0.1, 0.15) is 0 Å². The zero-order valence-electron chi connectivity index (χ0n) is 5.33. The van der Waals surface area contributed by atoms with Crippen LogP contribution in [0.3, 0.4) is 0 Å². The SMILES string of the molecule is O=C([O-])C1=NNOC=C1.[K+]. The van der Waals surface area contributed by atoms with E-state index in [0.717, 1.165) is 6.26 Å². The fraction of sp³-hybridized carbons (Fsp3) is 0. The minimum atomic E-state index is -1.33. The first-order valence-corrected chi connectivity index (χ1v) is 2.17. The Hall–Kier alpha value is 0.116. The molecule has 0 aromatic carbocycles. The summed E-state index contributed by atoms with van der Waals surface area (Å²) >= 11 is 0. The fourth-order valence-electron chi connectivity index (χ4n) is 0.355. The maximum atomic E-state index is 9.97. The van der Waals surface area contributed by atoms with E-state index in [2.05, 4.69) is 9.94 Å². The van der Waals surface area contributed by atoms with E-state index in [1.807, 2.05) is 5.59 Å². The molecule has 0 bridgehead atoms. The average molecular weight is 166 g/mol. The largest absolute Gasteiger partial charge is 1.00 e. The monoisotopic (exact) mass is 166 g/mol. The van der Waals surface area contributed by atoms with Gasteiger partial charge in [-0.3, -0.25) is 0 Å². The standard InChI is InChI=1S/C4H4N2O3.K/c7-4(8)3-1-2-9-6-5-3;/h1-2,6H,(H,7,8);/q;+1/p-1.